The molecule has 0 aromatic heterocycles. The van der Waals surface area contributed by atoms with Crippen LogP contribution in [0.4, 0.5) is 4.79 Å². The molecule has 1 spiro atoms. The molecule has 1 saturated carbocycles. The van der Waals surface area contributed by atoms with Gasteiger partial charge in [0.15, 0.2) is 0 Å². The highest BCUT2D eigenvalue weighted by molar-refractivity contribution is 6.30. The van der Waals surface area contributed by atoms with Gasteiger partial charge in [-0.1, -0.05) is 54.1 Å². The van der Waals surface area contributed by atoms with Gasteiger partial charge in [-0.3, -0.25) is 4.79 Å². The second kappa shape index (κ2) is 7.95. The van der Waals surface area contributed by atoms with Gasteiger partial charge in [-0.15, -0.1) is 0 Å². The Kier molecular flexibility index (Phi) is 5.49. The minimum absolute atomic E-state index is 0.151. The van der Waals surface area contributed by atoms with Gasteiger partial charge in [0.2, 0.25) is 5.91 Å². The average Bonchev–Trinajstić information content (AvgIpc) is 2.68. The Bertz CT molecular complexity index is 913. The Morgan fingerprint density at radius 1 is 1.07 bits per heavy atom. The van der Waals surface area contributed by atoms with Crippen molar-refractivity contribution in [1.82, 2.24) is 15.5 Å². The van der Waals surface area contributed by atoms with Crippen molar-refractivity contribution in [3.63, 3.8) is 0 Å². The van der Waals surface area contributed by atoms with Gasteiger partial charge in [0.1, 0.15) is 0 Å². The molecule has 158 valence electrons. The standard InChI is InChI=1S/C24H28ClN3O2/c1-23(2,18-6-4-3-5-7-18)21(29)28-15-24(16-28)12-20(13-24)27-22(30)26-14-17-8-10-19(25)11-9-17/h3-11,20H,12-16H2,1-2H3,(H2,26,27,30). The molecule has 2 aromatic rings. The van der Waals surface area contributed by atoms with Crippen molar-refractivity contribution < 1.29 is 9.59 Å². The van der Waals surface area contributed by atoms with Crippen LogP contribution in [0.1, 0.15) is 37.8 Å². The minimum Gasteiger partial charge on any atom is -0.341 e. The van der Waals surface area contributed by atoms with Gasteiger partial charge in [-0.05, 0) is 49.9 Å². The summed E-state index contributed by atoms with van der Waals surface area (Å²) >= 11 is 5.88. The molecule has 1 heterocycles. The topological polar surface area (TPSA) is 61.4 Å². The summed E-state index contributed by atoms with van der Waals surface area (Å²) in [4.78, 5) is 27.1. The smallest absolute Gasteiger partial charge is 0.315 e. The largest absolute Gasteiger partial charge is 0.341 e. The van der Waals surface area contributed by atoms with Crippen LogP contribution in [0.15, 0.2) is 54.6 Å². The molecule has 0 unspecified atom stereocenters. The van der Waals surface area contributed by atoms with Crippen LogP contribution in [0.5, 0.6) is 0 Å². The van der Waals surface area contributed by atoms with Gasteiger partial charge in [0, 0.05) is 36.1 Å². The van der Waals surface area contributed by atoms with Crippen molar-refractivity contribution in [2.75, 3.05) is 13.1 Å². The fourth-order valence-electron chi connectivity index (χ4n) is 4.65. The summed E-state index contributed by atoms with van der Waals surface area (Å²) in [6.07, 6.45) is 1.85. The maximum Gasteiger partial charge on any atom is 0.315 e. The molecular formula is C24H28ClN3O2. The third-order valence-corrected chi connectivity index (χ3v) is 6.68. The van der Waals surface area contributed by atoms with E-state index < -0.39 is 5.41 Å². The Balaban J connectivity index is 1.20. The number of rotatable bonds is 5. The number of benzene rings is 2. The molecule has 2 aliphatic rings. The predicted molar refractivity (Wildman–Crippen MR) is 118 cm³/mol. The number of hydrogen-bond donors (Lipinski definition) is 2. The highest BCUT2D eigenvalue weighted by Gasteiger charge is 2.55. The molecule has 3 amide bonds. The third kappa shape index (κ3) is 4.17. The lowest BCUT2D eigenvalue weighted by atomic mass is 9.60. The first-order chi connectivity index (χ1) is 14.3. The summed E-state index contributed by atoms with van der Waals surface area (Å²) in [5, 5.41) is 6.61. The zero-order chi connectivity index (χ0) is 21.4. The van der Waals surface area contributed by atoms with Crippen LogP contribution >= 0.6 is 11.6 Å². The molecule has 0 radical (unpaired) electrons. The fraction of sp³-hybridized carbons (Fsp3) is 0.417. The predicted octanol–water partition coefficient (Wildman–Crippen LogP) is 4.11. The second-order valence-corrected chi connectivity index (χ2v) is 9.65. The van der Waals surface area contributed by atoms with Crippen LogP contribution in [0.3, 0.4) is 0 Å². The molecule has 2 fully saturated rings. The summed E-state index contributed by atoms with van der Waals surface area (Å²) in [5.41, 5.74) is 1.71. The quantitative estimate of drug-likeness (QED) is 0.757. The first kappa shape index (κ1) is 20.7. The van der Waals surface area contributed by atoms with E-state index in [0.29, 0.717) is 11.6 Å². The zero-order valence-electron chi connectivity index (χ0n) is 17.5. The van der Waals surface area contributed by atoms with Gasteiger partial charge < -0.3 is 15.5 Å². The summed E-state index contributed by atoms with van der Waals surface area (Å²) in [7, 11) is 0. The molecule has 1 aliphatic heterocycles. The molecule has 0 bridgehead atoms. The number of carbonyl (C=O) groups excluding carboxylic acids is 2. The van der Waals surface area contributed by atoms with E-state index in [0.717, 1.165) is 37.1 Å². The van der Waals surface area contributed by atoms with E-state index in [2.05, 4.69) is 10.6 Å². The molecular weight excluding hydrogens is 398 g/mol. The molecule has 0 atom stereocenters. The van der Waals surface area contributed by atoms with Crippen LogP contribution in [-0.4, -0.2) is 36.0 Å². The zero-order valence-corrected chi connectivity index (χ0v) is 18.2. The number of halogens is 1. The van der Waals surface area contributed by atoms with E-state index in [1.165, 1.54) is 0 Å². The number of amides is 3. The normalized spacial score (nSPS) is 17.8. The van der Waals surface area contributed by atoms with Crippen molar-refractivity contribution in [2.45, 2.75) is 44.7 Å². The van der Waals surface area contributed by atoms with Crippen LogP contribution < -0.4 is 10.6 Å². The van der Waals surface area contributed by atoms with E-state index in [4.69, 9.17) is 11.6 Å². The van der Waals surface area contributed by atoms with Crippen molar-refractivity contribution in [1.29, 1.82) is 0 Å². The molecule has 4 rings (SSSR count). The van der Waals surface area contributed by atoms with E-state index in [1.807, 2.05) is 73.3 Å². The second-order valence-electron chi connectivity index (χ2n) is 9.21. The molecule has 1 saturated heterocycles. The number of nitrogens with zero attached hydrogens (tertiary/aromatic N) is 1. The van der Waals surface area contributed by atoms with Crippen molar-refractivity contribution in [3.8, 4) is 0 Å². The summed E-state index contributed by atoms with van der Waals surface area (Å²) < 4.78 is 0. The Morgan fingerprint density at radius 3 is 2.33 bits per heavy atom. The average molecular weight is 426 g/mol. The molecule has 6 heteroatoms. The van der Waals surface area contributed by atoms with Crippen LogP contribution in [0.25, 0.3) is 0 Å². The molecule has 30 heavy (non-hydrogen) atoms. The monoisotopic (exact) mass is 425 g/mol. The molecule has 5 nitrogen and oxygen atoms in total. The van der Waals surface area contributed by atoms with Gasteiger partial charge in [-0.25, -0.2) is 4.79 Å². The number of carbonyl (C=O) groups is 2. The Labute approximate surface area is 182 Å². The summed E-state index contributed by atoms with van der Waals surface area (Å²) in [6, 6.07) is 17.4. The molecule has 2 aromatic carbocycles. The van der Waals surface area contributed by atoms with Gasteiger partial charge in [0.05, 0.1) is 5.41 Å². The van der Waals surface area contributed by atoms with Gasteiger partial charge in [-0.2, -0.15) is 0 Å². The van der Waals surface area contributed by atoms with Gasteiger partial charge in [0.25, 0.3) is 0 Å². The first-order valence-electron chi connectivity index (χ1n) is 10.4. The molecule has 2 N–H and O–H groups in total. The van der Waals surface area contributed by atoms with E-state index in [-0.39, 0.29) is 23.4 Å². The Hall–Kier alpha value is -2.53. The van der Waals surface area contributed by atoms with E-state index in [1.54, 1.807) is 0 Å². The van der Waals surface area contributed by atoms with Crippen LogP contribution in [-0.2, 0) is 16.8 Å². The Morgan fingerprint density at radius 2 is 1.70 bits per heavy atom. The van der Waals surface area contributed by atoms with E-state index in [9.17, 15) is 9.59 Å². The maximum atomic E-state index is 13.0. The number of urea groups is 1. The minimum atomic E-state index is -0.522. The number of likely N-dealkylation sites (tertiary alicyclic amines) is 1. The highest BCUT2D eigenvalue weighted by Crippen LogP contribution is 2.49. The lowest BCUT2D eigenvalue weighted by molar-refractivity contribution is -0.157. The van der Waals surface area contributed by atoms with Crippen molar-refractivity contribution in [2.24, 2.45) is 5.41 Å². The lowest BCUT2D eigenvalue weighted by Gasteiger charge is -2.60. The summed E-state index contributed by atoms with van der Waals surface area (Å²) in [5.74, 6) is 0.177. The molecule has 1 aliphatic carbocycles. The van der Waals surface area contributed by atoms with Crippen molar-refractivity contribution >= 4 is 23.5 Å². The van der Waals surface area contributed by atoms with Gasteiger partial charge >= 0.3 is 6.03 Å². The van der Waals surface area contributed by atoms with E-state index >= 15 is 0 Å². The SMILES string of the molecule is CC(C)(C(=O)N1CC2(CC(NC(=O)NCc3ccc(Cl)cc3)C2)C1)c1ccccc1. The fourth-order valence-corrected chi connectivity index (χ4v) is 4.77. The lowest BCUT2D eigenvalue weighted by Crippen LogP contribution is -2.69. The first-order valence-corrected chi connectivity index (χ1v) is 10.8. The maximum absolute atomic E-state index is 13.0. The van der Waals surface area contributed by atoms with Crippen molar-refractivity contribution in [3.05, 3.63) is 70.7 Å². The van der Waals surface area contributed by atoms with Crippen LogP contribution in [0, 0.1) is 5.41 Å². The van der Waals surface area contributed by atoms with Crippen LogP contribution in [0.2, 0.25) is 5.02 Å². The highest BCUT2D eigenvalue weighted by atomic mass is 35.5. The third-order valence-electron chi connectivity index (χ3n) is 6.43. The number of hydrogen-bond acceptors (Lipinski definition) is 2. The summed E-state index contributed by atoms with van der Waals surface area (Å²) in [6.45, 7) is 6.02. The number of nitrogens with one attached hydrogen (secondary N) is 2.